The minimum Gasteiger partial charge on any atom is -0.388 e. The average molecular weight is 238 g/mol. The Bertz CT molecular complexity index is 294. The molecular weight excluding hydrogens is 212 g/mol. The second-order valence-electron chi connectivity index (χ2n) is 5.08. The van der Waals surface area contributed by atoms with Crippen LogP contribution in [0.5, 0.6) is 0 Å². The van der Waals surface area contributed by atoms with Crippen LogP contribution in [0.2, 0.25) is 0 Å². The van der Waals surface area contributed by atoms with E-state index >= 15 is 0 Å². The molecule has 2 heteroatoms. The Labute approximate surface area is 105 Å². The summed E-state index contributed by atoms with van der Waals surface area (Å²) in [5.74, 6) is 0. The van der Waals surface area contributed by atoms with Gasteiger partial charge in [0.25, 0.3) is 0 Å². The van der Waals surface area contributed by atoms with Crippen molar-refractivity contribution in [3.05, 3.63) is 36.0 Å². The van der Waals surface area contributed by atoms with Gasteiger partial charge in [-0.05, 0) is 52.5 Å². The van der Waals surface area contributed by atoms with Gasteiger partial charge in [0.15, 0.2) is 0 Å². The minimum absolute atomic E-state index is 0.418. The second-order valence-corrected chi connectivity index (χ2v) is 5.08. The molecule has 0 unspecified atom stereocenters. The van der Waals surface area contributed by atoms with E-state index < -0.39 is 11.7 Å². The lowest BCUT2D eigenvalue weighted by Gasteiger charge is -2.17. The van der Waals surface area contributed by atoms with Gasteiger partial charge in [0.1, 0.15) is 0 Å². The Hall–Kier alpha value is -0.860. The van der Waals surface area contributed by atoms with Crippen LogP contribution in [0.15, 0.2) is 36.0 Å². The molecule has 98 valence electrons. The Morgan fingerprint density at radius 3 is 2.35 bits per heavy atom. The number of allylic oxidation sites excluding steroid dienone is 2. The third-order valence-corrected chi connectivity index (χ3v) is 2.83. The number of hydrogen-bond donors (Lipinski definition) is 2. The molecule has 0 saturated heterocycles. The maximum absolute atomic E-state index is 9.86. The van der Waals surface area contributed by atoms with Crippen LogP contribution < -0.4 is 0 Å². The summed E-state index contributed by atoms with van der Waals surface area (Å²) in [6, 6.07) is 0. The molecule has 0 heterocycles. The predicted octanol–water partition coefficient (Wildman–Crippen LogP) is 3.37. The number of rotatable bonds is 7. The molecular formula is C15H26O2. The highest BCUT2D eigenvalue weighted by molar-refractivity contribution is 5.09. The quantitative estimate of drug-likeness (QED) is 0.668. The first-order chi connectivity index (χ1) is 7.78. The van der Waals surface area contributed by atoms with E-state index in [-0.39, 0.29) is 0 Å². The molecule has 0 spiro atoms. The summed E-state index contributed by atoms with van der Waals surface area (Å²) in [6.45, 7) is 11.3. The zero-order valence-corrected chi connectivity index (χ0v) is 11.5. The summed E-state index contributed by atoms with van der Waals surface area (Å²) in [6.07, 6.45) is 7.18. The highest BCUT2D eigenvalue weighted by Crippen LogP contribution is 2.16. The summed E-state index contributed by atoms with van der Waals surface area (Å²) in [4.78, 5) is 0. The topological polar surface area (TPSA) is 40.5 Å². The van der Waals surface area contributed by atoms with Crippen molar-refractivity contribution in [2.24, 2.45) is 0 Å². The summed E-state index contributed by atoms with van der Waals surface area (Å²) in [7, 11) is 0. The Balaban J connectivity index is 4.17. The highest BCUT2D eigenvalue weighted by atomic mass is 16.3. The first kappa shape index (κ1) is 16.1. The molecule has 0 amide bonds. The fourth-order valence-electron chi connectivity index (χ4n) is 1.36. The van der Waals surface area contributed by atoms with Crippen LogP contribution in [-0.4, -0.2) is 21.9 Å². The van der Waals surface area contributed by atoms with E-state index in [0.29, 0.717) is 12.8 Å². The van der Waals surface area contributed by atoms with Gasteiger partial charge in [-0.25, -0.2) is 0 Å². The predicted molar refractivity (Wildman–Crippen MR) is 73.9 cm³/mol. The SMILES string of the molecule is C=C[C@@](C)(O)CC/C=C(\C)[C@@H](O)CC=C(C)C. The van der Waals surface area contributed by atoms with Crippen molar-refractivity contribution in [3.63, 3.8) is 0 Å². The molecule has 2 nitrogen and oxygen atoms in total. The molecule has 0 aromatic heterocycles. The summed E-state index contributed by atoms with van der Waals surface area (Å²) in [5.41, 5.74) is 1.36. The third-order valence-electron chi connectivity index (χ3n) is 2.83. The highest BCUT2D eigenvalue weighted by Gasteiger charge is 2.13. The zero-order chi connectivity index (χ0) is 13.5. The molecule has 0 radical (unpaired) electrons. The molecule has 0 saturated carbocycles. The van der Waals surface area contributed by atoms with Gasteiger partial charge in [0.05, 0.1) is 11.7 Å². The molecule has 0 fully saturated rings. The van der Waals surface area contributed by atoms with Gasteiger partial charge < -0.3 is 10.2 Å². The lowest BCUT2D eigenvalue weighted by molar-refractivity contribution is 0.103. The zero-order valence-electron chi connectivity index (χ0n) is 11.5. The van der Waals surface area contributed by atoms with E-state index in [2.05, 4.69) is 6.58 Å². The summed E-state index contributed by atoms with van der Waals surface area (Å²) < 4.78 is 0. The van der Waals surface area contributed by atoms with Crippen LogP contribution in [-0.2, 0) is 0 Å². The van der Waals surface area contributed by atoms with E-state index in [1.54, 1.807) is 13.0 Å². The van der Waals surface area contributed by atoms with Gasteiger partial charge in [-0.3, -0.25) is 0 Å². The van der Waals surface area contributed by atoms with Crippen LogP contribution in [0.4, 0.5) is 0 Å². The minimum atomic E-state index is -0.818. The van der Waals surface area contributed by atoms with Crippen LogP contribution in [0, 0.1) is 0 Å². The summed E-state index contributed by atoms with van der Waals surface area (Å²) in [5, 5.41) is 19.6. The number of hydrogen-bond acceptors (Lipinski definition) is 2. The first-order valence-electron chi connectivity index (χ1n) is 6.12. The molecule has 0 aromatic rings. The van der Waals surface area contributed by atoms with Crippen molar-refractivity contribution in [1.82, 2.24) is 0 Å². The van der Waals surface area contributed by atoms with Gasteiger partial charge in [0, 0.05) is 0 Å². The lowest BCUT2D eigenvalue weighted by Crippen LogP contribution is -2.19. The van der Waals surface area contributed by atoms with Crippen LogP contribution in [0.3, 0.4) is 0 Å². The monoisotopic (exact) mass is 238 g/mol. The maximum Gasteiger partial charge on any atom is 0.0800 e. The molecule has 2 atom stereocenters. The molecule has 0 aliphatic rings. The van der Waals surface area contributed by atoms with Crippen LogP contribution in [0.25, 0.3) is 0 Å². The standard InChI is InChI=1S/C15H26O2/c1-6-15(5,17)11-7-8-13(4)14(16)10-9-12(2)3/h6,8-9,14,16-17H,1,7,10-11H2,2-5H3/b13-8+/t14-,15+/m0/s1. The normalized spacial score (nSPS) is 17.2. The van der Waals surface area contributed by atoms with E-state index in [1.165, 1.54) is 5.57 Å². The largest absolute Gasteiger partial charge is 0.388 e. The van der Waals surface area contributed by atoms with E-state index in [9.17, 15) is 10.2 Å². The van der Waals surface area contributed by atoms with Crippen molar-refractivity contribution in [2.75, 3.05) is 0 Å². The van der Waals surface area contributed by atoms with Gasteiger partial charge in [-0.1, -0.05) is 23.8 Å². The average Bonchev–Trinajstić information content (AvgIpc) is 2.25. The van der Waals surface area contributed by atoms with Gasteiger partial charge in [-0.15, -0.1) is 6.58 Å². The fraction of sp³-hybridized carbons (Fsp3) is 0.600. The second kappa shape index (κ2) is 7.46. The van der Waals surface area contributed by atoms with Crippen LogP contribution in [0.1, 0.15) is 47.0 Å². The number of aliphatic hydroxyl groups excluding tert-OH is 1. The van der Waals surface area contributed by atoms with Crippen molar-refractivity contribution in [1.29, 1.82) is 0 Å². The molecule has 0 aliphatic carbocycles. The van der Waals surface area contributed by atoms with Gasteiger partial charge in [-0.2, -0.15) is 0 Å². The summed E-state index contributed by atoms with van der Waals surface area (Å²) >= 11 is 0. The van der Waals surface area contributed by atoms with Gasteiger partial charge in [0.2, 0.25) is 0 Å². The molecule has 0 aliphatic heterocycles. The first-order valence-corrected chi connectivity index (χ1v) is 6.12. The van der Waals surface area contributed by atoms with Crippen molar-refractivity contribution < 1.29 is 10.2 Å². The fourth-order valence-corrected chi connectivity index (χ4v) is 1.36. The van der Waals surface area contributed by atoms with Crippen LogP contribution >= 0.6 is 0 Å². The molecule has 17 heavy (non-hydrogen) atoms. The third kappa shape index (κ3) is 7.94. The Morgan fingerprint density at radius 2 is 1.88 bits per heavy atom. The van der Waals surface area contributed by atoms with E-state index in [4.69, 9.17) is 0 Å². The van der Waals surface area contributed by atoms with Gasteiger partial charge >= 0.3 is 0 Å². The van der Waals surface area contributed by atoms with Crippen molar-refractivity contribution >= 4 is 0 Å². The van der Waals surface area contributed by atoms with E-state index in [0.717, 1.165) is 12.0 Å². The molecule has 2 N–H and O–H groups in total. The van der Waals surface area contributed by atoms with Crippen molar-refractivity contribution in [2.45, 2.75) is 58.7 Å². The molecule has 0 aromatic carbocycles. The molecule has 0 rings (SSSR count). The Morgan fingerprint density at radius 1 is 1.29 bits per heavy atom. The van der Waals surface area contributed by atoms with Crippen molar-refractivity contribution in [3.8, 4) is 0 Å². The smallest absolute Gasteiger partial charge is 0.0800 e. The lowest BCUT2D eigenvalue weighted by atomic mass is 9.98. The Kier molecular flexibility index (Phi) is 7.09. The maximum atomic E-state index is 9.86. The number of aliphatic hydroxyl groups is 2. The van der Waals surface area contributed by atoms with E-state index in [1.807, 2.05) is 32.9 Å². The molecule has 0 bridgehead atoms.